The summed E-state index contributed by atoms with van der Waals surface area (Å²) in [5.41, 5.74) is 0.372. The maximum Gasteiger partial charge on any atom is 0.261 e. The number of nitrogens with zero attached hydrogens (tertiary/aromatic N) is 3. The maximum absolute atomic E-state index is 12.1. The van der Waals surface area contributed by atoms with Crippen molar-refractivity contribution >= 4 is 16.8 Å². The second kappa shape index (κ2) is 5.62. The van der Waals surface area contributed by atoms with Gasteiger partial charge in [0.15, 0.2) is 0 Å². The quantitative estimate of drug-likeness (QED) is 0.830. The minimum atomic E-state index is -0.242. The van der Waals surface area contributed by atoms with Crippen molar-refractivity contribution < 1.29 is 9.90 Å². The van der Waals surface area contributed by atoms with Crippen LogP contribution in [0.15, 0.2) is 35.4 Å². The molecule has 0 aliphatic rings. The van der Waals surface area contributed by atoms with Gasteiger partial charge in [0.05, 0.1) is 23.8 Å². The Morgan fingerprint density at radius 3 is 2.89 bits per heavy atom. The molecule has 0 aliphatic heterocycles. The lowest BCUT2D eigenvalue weighted by Gasteiger charge is -2.16. The Labute approximate surface area is 109 Å². The molecule has 1 aromatic heterocycles. The Morgan fingerprint density at radius 1 is 1.42 bits per heavy atom. The molecule has 1 N–H and O–H groups in total. The van der Waals surface area contributed by atoms with Crippen molar-refractivity contribution in [1.29, 1.82) is 0 Å². The molecule has 1 amide bonds. The van der Waals surface area contributed by atoms with E-state index in [1.54, 1.807) is 31.3 Å². The van der Waals surface area contributed by atoms with Crippen molar-refractivity contribution in [3.8, 4) is 0 Å². The highest BCUT2D eigenvalue weighted by molar-refractivity contribution is 5.78. The molecule has 1 aromatic carbocycles. The van der Waals surface area contributed by atoms with Crippen LogP contribution in [-0.4, -0.2) is 45.7 Å². The van der Waals surface area contributed by atoms with Gasteiger partial charge in [0.2, 0.25) is 5.91 Å². The van der Waals surface area contributed by atoms with Crippen LogP contribution in [0.25, 0.3) is 10.9 Å². The Hall–Kier alpha value is -2.21. The molecule has 19 heavy (non-hydrogen) atoms. The Bertz CT molecular complexity index is 651. The van der Waals surface area contributed by atoms with Gasteiger partial charge in [-0.1, -0.05) is 12.1 Å². The molecule has 0 spiro atoms. The molecule has 0 bridgehead atoms. The van der Waals surface area contributed by atoms with Crippen LogP contribution in [0.1, 0.15) is 0 Å². The Morgan fingerprint density at radius 2 is 2.16 bits per heavy atom. The molecular weight excluding hydrogens is 246 g/mol. The number of amides is 1. The van der Waals surface area contributed by atoms with Crippen LogP contribution >= 0.6 is 0 Å². The monoisotopic (exact) mass is 261 g/mol. The lowest BCUT2D eigenvalue weighted by Crippen LogP contribution is -2.35. The van der Waals surface area contributed by atoms with Gasteiger partial charge >= 0.3 is 0 Å². The first-order valence-electron chi connectivity index (χ1n) is 5.92. The lowest BCUT2D eigenvalue weighted by atomic mass is 10.2. The highest BCUT2D eigenvalue weighted by atomic mass is 16.3. The molecule has 100 valence electrons. The van der Waals surface area contributed by atoms with Gasteiger partial charge in [-0.3, -0.25) is 14.2 Å². The van der Waals surface area contributed by atoms with Crippen LogP contribution in [0, 0.1) is 0 Å². The van der Waals surface area contributed by atoms with Crippen molar-refractivity contribution in [2.24, 2.45) is 0 Å². The summed E-state index contributed by atoms with van der Waals surface area (Å²) in [4.78, 5) is 29.5. The van der Waals surface area contributed by atoms with Gasteiger partial charge in [-0.15, -0.1) is 0 Å². The van der Waals surface area contributed by atoms with Gasteiger partial charge < -0.3 is 10.0 Å². The van der Waals surface area contributed by atoms with E-state index in [-0.39, 0.29) is 31.2 Å². The molecule has 0 unspecified atom stereocenters. The van der Waals surface area contributed by atoms with Crippen LogP contribution in [0.5, 0.6) is 0 Å². The normalized spacial score (nSPS) is 10.6. The number of rotatable bonds is 4. The number of carbonyl (C=O) groups excluding carboxylic acids is 1. The highest BCUT2D eigenvalue weighted by Crippen LogP contribution is 2.04. The van der Waals surface area contributed by atoms with E-state index >= 15 is 0 Å². The lowest BCUT2D eigenvalue weighted by molar-refractivity contribution is -0.131. The molecule has 6 heteroatoms. The summed E-state index contributed by atoms with van der Waals surface area (Å²) in [5, 5.41) is 9.26. The Balaban J connectivity index is 2.29. The van der Waals surface area contributed by atoms with Crippen LogP contribution in [-0.2, 0) is 11.3 Å². The molecule has 0 aliphatic carbocycles. The van der Waals surface area contributed by atoms with E-state index in [2.05, 4.69) is 4.98 Å². The van der Waals surface area contributed by atoms with E-state index in [0.29, 0.717) is 10.9 Å². The van der Waals surface area contributed by atoms with Crippen LogP contribution < -0.4 is 5.56 Å². The molecule has 1 heterocycles. The van der Waals surface area contributed by atoms with Gasteiger partial charge in [0.25, 0.3) is 5.56 Å². The number of aliphatic hydroxyl groups is 1. The van der Waals surface area contributed by atoms with Crippen molar-refractivity contribution in [3.05, 3.63) is 40.9 Å². The number of para-hydroxylation sites is 1. The molecule has 0 saturated carbocycles. The minimum Gasteiger partial charge on any atom is -0.395 e. The molecule has 0 fully saturated rings. The SMILES string of the molecule is CN(CCO)C(=O)Cn1cnc2ccccc2c1=O. The summed E-state index contributed by atoms with van der Waals surface area (Å²) in [6, 6.07) is 7.00. The van der Waals surface area contributed by atoms with Gasteiger partial charge in [0.1, 0.15) is 6.54 Å². The predicted octanol–water partition coefficient (Wildman–Crippen LogP) is -0.153. The number of hydrogen-bond acceptors (Lipinski definition) is 4. The van der Waals surface area contributed by atoms with E-state index in [9.17, 15) is 9.59 Å². The van der Waals surface area contributed by atoms with Crippen LogP contribution in [0.3, 0.4) is 0 Å². The number of hydrogen-bond donors (Lipinski definition) is 1. The zero-order valence-electron chi connectivity index (χ0n) is 10.6. The summed E-state index contributed by atoms with van der Waals surface area (Å²) < 4.78 is 1.28. The highest BCUT2D eigenvalue weighted by Gasteiger charge is 2.11. The number of aliphatic hydroxyl groups excluding tert-OH is 1. The molecule has 6 nitrogen and oxygen atoms in total. The van der Waals surface area contributed by atoms with Gasteiger partial charge in [-0.05, 0) is 12.1 Å². The first-order chi connectivity index (χ1) is 9.13. The number of likely N-dealkylation sites (N-methyl/N-ethyl adjacent to an activating group) is 1. The van der Waals surface area contributed by atoms with Crippen molar-refractivity contribution in [2.75, 3.05) is 20.2 Å². The van der Waals surface area contributed by atoms with Crippen molar-refractivity contribution in [2.45, 2.75) is 6.54 Å². The number of carbonyl (C=O) groups is 1. The molecular formula is C13H15N3O3. The fourth-order valence-electron chi connectivity index (χ4n) is 1.76. The summed E-state index contributed by atoms with van der Waals surface area (Å²) in [6.07, 6.45) is 1.37. The summed E-state index contributed by atoms with van der Waals surface area (Å²) in [7, 11) is 1.58. The second-order valence-corrected chi connectivity index (χ2v) is 4.23. The molecule has 2 aromatic rings. The topological polar surface area (TPSA) is 75.4 Å². The first-order valence-corrected chi connectivity index (χ1v) is 5.92. The van der Waals surface area contributed by atoms with E-state index in [0.717, 1.165) is 0 Å². The number of fused-ring (bicyclic) bond motifs is 1. The van der Waals surface area contributed by atoms with E-state index < -0.39 is 0 Å². The predicted molar refractivity (Wildman–Crippen MR) is 70.7 cm³/mol. The van der Waals surface area contributed by atoms with Crippen LogP contribution in [0.4, 0.5) is 0 Å². The van der Waals surface area contributed by atoms with E-state index in [1.807, 2.05) is 0 Å². The third kappa shape index (κ3) is 2.79. The summed E-state index contributed by atoms with van der Waals surface area (Å²) in [6.45, 7) is 0.0644. The number of benzene rings is 1. The van der Waals surface area contributed by atoms with Crippen LogP contribution in [0.2, 0.25) is 0 Å². The van der Waals surface area contributed by atoms with Gasteiger partial charge in [-0.25, -0.2) is 4.98 Å². The second-order valence-electron chi connectivity index (χ2n) is 4.23. The first kappa shape index (κ1) is 13.2. The fraction of sp³-hybridized carbons (Fsp3) is 0.308. The molecule has 0 radical (unpaired) electrons. The molecule has 0 saturated heterocycles. The molecule has 0 atom stereocenters. The van der Waals surface area contributed by atoms with Crippen molar-refractivity contribution in [3.63, 3.8) is 0 Å². The molecule has 2 rings (SSSR count). The average Bonchev–Trinajstić information content (AvgIpc) is 2.42. The Kier molecular flexibility index (Phi) is 3.91. The van der Waals surface area contributed by atoms with Crippen molar-refractivity contribution in [1.82, 2.24) is 14.5 Å². The van der Waals surface area contributed by atoms with Gasteiger partial charge in [0, 0.05) is 13.6 Å². The third-order valence-electron chi connectivity index (χ3n) is 2.90. The standard InChI is InChI=1S/C13H15N3O3/c1-15(6-7-17)12(18)8-16-9-14-11-5-3-2-4-10(11)13(16)19/h2-5,9,17H,6-8H2,1H3. The van der Waals surface area contributed by atoms with E-state index in [4.69, 9.17) is 5.11 Å². The maximum atomic E-state index is 12.1. The zero-order valence-corrected chi connectivity index (χ0v) is 10.6. The minimum absolute atomic E-state index is 0.0762. The average molecular weight is 261 g/mol. The number of aromatic nitrogens is 2. The zero-order chi connectivity index (χ0) is 13.8. The third-order valence-corrected chi connectivity index (χ3v) is 2.90. The van der Waals surface area contributed by atoms with Gasteiger partial charge in [-0.2, -0.15) is 0 Å². The fourth-order valence-corrected chi connectivity index (χ4v) is 1.76. The summed E-state index contributed by atoms with van der Waals surface area (Å²) in [5.74, 6) is -0.242. The smallest absolute Gasteiger partial charge is 0.261 e. The van der Waals surface area contributed by atoms with E-state index in [1.165, 1.54) is 15.8 Å². The summed E-state index contributed by atoms with van der Waals surface area (Å²) >= 11 is 0. The largest absolute Gasteiger partial charge is 0.395 e.